The minimum absolute atomic E-state index is 0.0445. The molecule has 2 aromatic heterocycles. The van der Waals surface area contributed by atoms with E-state index in [-0.39, 0.29) is 17.8 Å². The Kier molecular flexibility index (Phi) is 7.23. The van der Waals surface area contributed by atoms with Crippen molar-refractivity contribution in [1.29, 1.82) is 0 Å². The Morgan fingerprint density at radius 2 is 2.00 bits per heavy atom. The highest BCUT2D eigenvalue weighted by Crippen LogP contribution is 2.39. The first-order chi connectivity index (χ1) is 19.6. The summed E-state index contributed by atoms with van der Waals surface area (Å²) >= 11 is 0. The van der Waals surface area contributed by atoms with Crippen LogP contribution < -0.4 is 11.1 Å². The van der Waals surface area contributed by atoms with Crippen molar-refractivity contribution in [2.24, 2.45) is 5.92 Å². The number of hydrogen-bond donors (Lipinski definition) is 2. The monoisotopic (exact) mass is 559 g/mol. The van der Waals surface area contributed by atoms with Crippen LogP contribution in [0.4, 0.5) is 11.5 Å². The van der Waals surface area contributed by atoms with E-state index in [0.717, 1.165) is 50.6 Å². The second kappa shape index (κ2) is 10.7. The van der Waals surface area contributed by atoms with Gasteiger partial charge in [0, 0.05) is 31.4 Å². The lowest BCUT2D eigenvalue weighted by atomic mass is 9.81. The fourth-order valence-electron chi connectivity index (χ4n) is 6.64. The Labute approximate surface area is 241 Å². The number of nitrogens with one attached hydrogen (secondary N) is 1. The van der Waals surface area contributed by atoms with Crippen LogP contribution in [-0.2, 0) is 26.3 Å². The van der Waals surface area contributed by atoms with E-state index >= 15 is 0 Å². The number of nitrogen functional groups attached to an aromatic ring is 1. The Morgan fingerprint density at radius 1 is 1.17 bits per heavy atom. The molecule has 3 aromatic rings. The van der Waals surface area contributed by atoms with Crippen LogP contribution in [0.2, 0.25) is 0 Å². The lowest BCUT2D eigenvalue weighted by Gasteiger charge is -2.43. The number of anilines is 2. The van der Waals surface area contributed by atoms with Gasteiger partial charge >= 0.3 is 11.8 Å². The van der Waals surface area contributed by atoms with Gasteiger partial charge in [-0.25, -0.2) is 9.67 Å². The largest absolute Gasteiger partial charge is 0.383 e. The summed E-state index contributed by atoms with van der Waals surface area (Å²) in [5.74, 6) is -0.608. The number of benzene rings is 1. The highest BCUT2D eigenvalue weighted by atomic mass is 16.5. The third kappa shape index (κ3) is 5.08. The molecule has 3 unspecified atom stereocenters. The van der Waals surface area contributed by atoms with Crippen molar-refractivity contribution in [2.45, 2.75) is 77.1 Å². The maximum Gasteiger partial charge on any atom is 0.314 e. The van der Waals surface area contributed by atoms with Gasteiger partial charge in [-0.15, -0.1) is 0 Å². The number of pyridine rings is 1. The molecule has 3 aliphatic rings. The summed E-state index contributed by atoms with van der Waals surface area (Å²) in [6, 6.07) is 6.47. The lowest BCUT2D eigenvalue weighted by molar-refractivity contribution is -0.146. The molecule has 3 N–H and O–H groups in total. The molecule has 1 aromatic carbocycles. The number of ether oxygens (including phenoxy) is 1. The molecule has 0 aliphatic carbocycles. The van der Waals surface area contributed by atoms with Gasteiger partial charge in [0.1, 0.15) is 17.6 Å². The van der Waals surface area contributed by atoms with Crippen molar-refractivity contribution in [3.8, 4) is 0 Å². The number of likely N-dealkylation sites (N-methyl/N-ethyl adjacent to an activating group) is 1. The van der Waals surface area contributed by atoms with Crippen LogP contribution in [0.1, 0.15) is 81.8 Å². The zero-order valence-electron chi connectivity index (χ0n) is 24.5. The number of aromatic nitrogens is 3. The molecule has 3 atom stereocenters. The van der Waals surface area contributed by atoms with Crippen molar-refractivity contribution in [3.05, 3.63) is 47.3 Å². The molecule has 10 heteroatoms. The number of fused-ring (bicyclic) bond motifs is 2. The SMILES string of the molecule is CC1CCC(c2ccc3c(c2)CCN(C)C3(C)C)N(C(=O)C(=O)Nc2cnc(N)c3cn(C4CCCCO4)nc23)C1. The quantitative estimate of drug-likeness (QED) is 0.458. The fraction of sp³-hybridized carbons (Fsp3) is 0.548. The molecule has 6 rings (SSSR count). The molecule has 0 saturated carbocycles. The maximum absolute atomic E-state index is 13.7. The molecular weight excluding hydrogens is 518 g/mol. The molecule has 5 heterocycles. The first kappa shape index (κ1) is 27.7. The average molecular weight is 560 g/mol. The third-order valence-corrected chi connectivity index (χ3v) is 9.41. The van der Waals surface area contributed by atoms with Gasteiger partial charge in [0.05, 0.1) is 23.3 Å². The Bertz CT molecular complexity index is 1480. The number of carbonyl (C=O) groups excluding carboxylic acids is 2. The summed E-state index contributed by atoms with van der Waals surface area (Å²) < 4.78 is 7.62. The third-order valence-electron chi connectivity index (χ3n) is 9.41. The molecule has 2 saturated heterocycles. The molecule has 218 valence electrons. The Morgan fingerprint density at radius 3 is 2.78 bits per heavy atom. The van der Waals surface area contributed by atoms with E-state index in [1.54, 1.807) is 9.58 Å². The number of hydrogen-bond acceptors (Lipinski definition) is 7. The molecule has 0 bridgehead atoms. The summed E-state index contributed by atoms with van der Waals surface area (Å²) in [7, 11) is 2.16. The average Bonchev–Trinajstić information content (AvgIpc) is 3.43. The number of nitrogens with two attached hydrogens (primary N) is 1. The minimum Gasteiger partial charge on any atom is -0.383 e. The van der Waals surface area contributed by atoms with Crippen LogP contribution in [-0.4, -0.2) is 63.1 Å². The fourth-order valence-corrected chi connectivity index (χ4v) is 6.64. The molecule has 3 aliphatic heterocycles. The Hall–Kier alpha value is -3.50. The van der Waals surface area contributed by atoms with E-state index < -0.39 is 11.8 Å². The molecule has 2 fully saturated rings. The van der Waals surface area contributed by atoms with Gasteiger partial charge in [0.25, 0.3) is 0 Å². The summed E-state index contributed by atoms with van der Waals surface area (Å²) in [6.45, 7) is 8.84. The number of rotatable bonds is 3. The van der Waals surface area contributed by atoms with Crippen LogP contribution in [0.5, 0.6) is 0 Å². The highest BCUT2D eigenvalue weighted by Gasteiger charge is 2.37. The van der Waals surface area contributed by atoms with Crippen LogP contribution >= 0.6 is 0 Å². The minimum atomic E-state index is -0.693. The predicted octanol–water partition coefficient (Wildman–Crippen LogP) is 4.37. The smallest absolute Gasteiger partial charge is 0.314 e. The van der Waals surface area contributed by atoms with Gasteiger partial charge in [-0.1, -0.05) is 25.1 Å². The van der Waals surface area contributed by atoms with Crippen molar-refractivity contribution in [1.82, 2.24) is 24.6 Å². The van der Waals surface area contributed by atoms with E-state index in [1.807, 2.05) is 6.20 Å². The second-order valence-electron chi connectivity index (χ2n) is 12.5. The van der Waals surface area contributed by atoms with Gasteiger partial charge in [-0.2, -0.15) is 5.10 Å². The summed E-state index contributed by atoms with van der Waals surface area (Å²) in [5.41, 5.74) is 10.7. The van der Waals surface area contributed by atoms with E-state index in [2.05, 4.69) is 66.3 Å². The molecular formula is C31H41N7O3. The van der Waals surface area contributed by atoms with Crippen molar-refractivity contribution >= 4 is 34.2 Å². The Balaban J connectivity index is 1.25. The summed E-state index contributed by atoms with van der Waals surface area (Å²) in [4.78, 5) is 35.6. The van der Waals surface area contributed by atoms with Crippen LogP contribution in [0, 0.1) is 5.92 Å². The lowest BCUT2D eigenvalue weighted by Crippen LogP contribution is -2.47. The zero-order valence-corrected chi connectivity index (χ0v) is 24.5. The molecule has 0 spiro atoms. The first-order valence-electron chi connectivity index (χ1n) is 14.8. The standard InChI is InChI=1S/C31H41N7O3/c1-19-8-11-25(21-9-10-23-20(15-21)12-13-36(4)31(23,2)3)37(17-19)30(40)29(39)34-24-16-33-28(32)22-18-38(35-27(22)24)26-7-5-6-14-41-26/h9-10,15-16,18-19,25-26H,5-8,11-14,17H2,1-4H3,(H2,32,33)(H,34,39). The van der Waals surface area contributed by atoms with Crippen LogP contribution in [0.3, 0.4) is 0 Å². The number of piperidine rings is 1. The first-order valence-corrected chi connectivity index (χ1v) is 14.8. The topological polar surface area (TPSA) is 119 Å². The predicted molar refractivity (Wildman–Crippen MR) is 158 cm³/mol. The van der Waals surface area contributed by atoms with Crippen LogP contribution in [0.15, 0.2) is 30.6 Å². The van der Waals surface area contributed by atoms with Gasteiger partial charge in [0.2, 0.25) is 0 Å². The van der Waals surface area contributed by atoms with E-state index in [4.69, 9.17) is 10.5 Å². The maximum atomic E-state index is 13.7. The van der Waals surface area contributed by atoms with Gasteiger partial charge < -0.3 is 20.7 Å². The van der Waals surface area contributed by atoms with E-state index in [0.29, 0.717) is 41.5 Å². The molecule has 10 nitrogen and oxygen atoms in total. The normalized spacial score (nSPS) is 24.7. The van der Waals surface area contributed by atoms with Gasteiger partial charge in [-0.05, 0) is 82.0 Å². The summed E-state index contributed by atoms with van der Waals surface area (Å²) in [6.07, 6.45) is 8.84. The van der Waals surface area contributed by atoms with E-state index in [9.17, 15) is 9.59 Å². The molecule has 0 radical (unpaired) electrons. The van der Waals surface area contributed by atoms with Gasteiger partial charge in [0.15, 0.2) is 0 Å². The second-order valence-corrected chi connectivity index (χ2v) is 12.5. The number of nitrogens with zero attached hydrogens (tertiary/aromatic N) is 5. The molecule has 2 amide bonds. The van der Waals surface area contributed by atoms with Crippen molar-refractivity contribution in [2.75, 3.05) is 37.8 Å². The van der Waals surface area contributed by atoms with Crippen molar-refractivity contribution in [3.63, 3.8) is 0 Å². The number of carbonyl (C=O) groups is 2. The van der Waals surface area contributed by atoms with Crippen molar-refractivity contribution < 1.29 is 14.3 Å². The zero-order chi connectivity index (χ0) is 28.9. The number of likely N-dealkylation sites (tertiary alicyclic amines) is 1. The van der Waals surface area contributed by atoms with E-state index in [1.165, 1.54) is 17.3 Å². The van der Waals surface area contributed by atoms with Crippen LogP contribution in [0.25, 0.3) is 10.9 Å². The van der Waals surface area contributed by atoms with Gasteiger partial charge in [-0.3, -0.25) is 14.5 Å². The highest BCUT2D eigenvalue weighted by molar-refractivity contribution is 6.40. The number of amides is 2. The molecule has 41 heavy (non-hydrogen) atoms. The summed E-state index contributed by atoms with van der Waals surface area (Å²) in [5, 5.41) is 8.11.